The number of nitrogen functional groups attached to an aromatic ring is 1. The molecule has 3 heterocycles. The second-order valence-corrected chi connectivity index (χ2v) is 9.40. The maximum atomic E-state index is 12.4. The number of aryl methyl sites for hydroxylation is 2. The van der Waals surface area contributed by atoms with E-state index in [1.807, 2.05) is 0 Å². The van der Waals surface area contributed by atoms with Crippen LogP contribution in [0, 0.1) is 12.8 Å². The third kappa shape index (κ3) is 3.66. The topological polar surface area (TPSA) is 107 Å². The fourth-order valence-electron chi connectivity index (χ4n) is 3.26. The Morgan fingerprint density at radius 2 is 2.30 bits per heavy atom. The summed E-state index contributed by atoms with van der Waals surface area (Å²) in [4.78, 5) is 23.8. The molecule has 0 saturated heterocycles. The van der Waals surface area contributed by atoms with Gasteiger partial charge in [-0.2, -0.15) is 0 Å². The molecule has 1 aliphatic carbocycles. The van der Waals surface area contributed by atoms with Gasteiger partial charge in [-0.25, -0.2) is 9.97 Å². The lowest BCUT2D eigenvalue weighted by Crippen LogP contribution is -2.22. The lowest BCUT2D eigenvalue weighted by atomic mass is 9.89. The lowest BCUT2D eigenvalue weighted by Gasteiger charge is -2.17. The van der Waals surface area contributed by atoms with Crippen LogP contribution in [-0.2, 0) is 17.6 Å². The number of nitrogens with one attached hydrogen (secondary N) is 1. The van der Waals surface area contributed by atoms with E-state index in [-0.39, 0.29) is 5.91 Å². The van der Waals surface area contributed by atoms with Gasteiger partial charge in [-0.05, 0) is 44.6 Å². The van der Waals surface area contributed by atoms with Crippen molar-refractivity contribution in [2.45, 2.75) is 50.4 Å². The van der Waals surface area contributed by atoms with Gasteiger partial charge in [0, 0.05) is 10.9 Å². The Morgan fingerprint density at radius 3 is 3.04 bits per heavy atom. The molecule has 0 spiro atoms. The van der Waals surface area contributed by atoms with E-state index in [0.717, 1.165) is 23.1 Å². The van der Waals surface area contributed by atoms with Gasteiger partial charge in [-0.15, -0.1) is 11.3 Å². The van der Waals surface area contributed by atoms with Crippen LogP contribution in [0.3, 0.4) is 0 Å². The largest absolute Gasteiger partial charge is 0.383 e. The van der Waals surface area contributed by atoms with Gasteiger partial charge in [0.15, 0.2) is 5.16 Å². The molecule has 142 valence electrons. The van der Waals surface area contributed by atoms with Crippen molar-refractivity contribution in [1.82, 2.24) is 15.1 Å². The van der Waals surface area contributed by atoms with Gasteiger partial charge in [0.2, 0.25) is 11.8 Å². The number of hydrogen-bond acceptors (Lipinski definition) is 8. The fraction of sp³-hybridized carbons (Fsp3) is 0.444. The van der Waals surface area contributed by atoms with E-state index in [4.69, 9.17) is 10.3 Å². The van der Waals surface area contributed by atoms with Crippen molar-refractivity contribution < 1.29 is 9.32 Å². The van der Waals surface area contributed by atoms with Gasteiger partial charge < -0.3 is 10.3 Å². The molecule has 4 rings (SSSR count). The second-order valence-electron chi connectivity index (χ2n) is 7.01. The average molecular weight is 404 g/mol. The van der Waals surface area contributed by atoms with Gasteiger partial charge >= 0.3 is 0 Å². The van der Waals surface area contributed by atoms with Crippen LogP contribution in [0.2, 0.25) is 0 Å². The average Bonchev–Trinajstić information content (AvgIpc) is 3.17. The van der Waals surface area contributed by atoms with Crippen LogP contribution in [0.5, 0.6) is 0 Å². The molecule has 2 unspecified atom stereocenters. The zero-order valence-electron chi connectivity index (χ0n) is 15.4. The van der Waals surface area contributed by atoms with E-state index in [1.165, 1.54) is 28.6 Å². The Morgan fingerprint density at radius 1 is 1.48 bits per heavy atom. The zero-order chi connectivity index (χ0) is 19.1. The van der Waals surface area contributed by atoms with Gasteiger partial charge in [0.1, 0.15) is 10.6 Å². The highest BCUT2D eigenvalue weighted by molar-refractivity contribution is 8.00. The highest BCUT2D eigenvalue weighted by Crippen LogP contribution is 2.40. The molecule has 0 aromatic carbocycles. The van der Waals surface area contributed by atoms with Gasteiger partial charge in [0.25, 0.3) is 0 Å². The monoisotopic (exact) mass is 403 g/mol. The van der Waals surface area contributed by atoms with Crippen molar-refractivity contribution in [2.24, 2.45) is 5.92 Å². The molecule has 0 bridgehead atoms. The number of thioether (sulfide) groups is 1. The number of carbonyl (C=O) groups excluding carboxylic acids is 1. The summed E-state index contributed by atoms with van der Waals surface area (Å²) in [6, 6.07) is 1.67. The summed E-state index contributed by atoms with van der Waals surface area (Å²) in [5.74, 6) is 1.34. The molecule has 9 heteroatoms. The number of carbonyl (C=O) groups is 1. The number of amides is 1. The Balaban J connectivity index is 1.54. The minimum absolute atomic E-state index is 0.197. The first-order valence-electron chi connectivity index (χ1n) is 8.89. The van der Waals surface area contributed by atoms with Gasteiger partial charge in [-0.3, -0.25) is 10.1 Å². The highest BCUT2D eigenvalue weighted by Gasteiger charge is 2.24. The van der Waals surface area contributed by atoms with Crippen LogP contribution in [0.1, 0.15) is 36.4 Å². The van der Waals surface area contributed by atoms with E-state index in [2.05, 4.69) is 27.4 Å². The minimum atomic E-state index is -0.401. The predicted molar refractivity (Wildman–Crippen MR) is 108 cm³/mol. The first kappa shape index (κ1) is 18.2. The Labute approximate surface area is 165 Å². The lowest BCUT2D eigenvalue weighted by molar-refractivity contribution is -0.115. The maximum absolute atomic E-state index is 12.4. The van der Waals surface area contributed by atoms with Crippen molar-refractivity contribution in [3.8, 4) is 0 Å². The Bertz CT molecular complexity index is 1010. The summed E-state index contributed by atoms with van der Waals surface area (Å²) in [6.07, 6.45) is 3.28. The number of nitrogens with zero attached hydrogens (tertiary/aromatic N) is 3. The summed E-state index contributed by atoms with van der Waals surface area (Å²) in [5, 5.41) is 7.58. The van der Waals surface area contributed by atoms with Crippen molar-refractivity contribution >= 4 is 50.9 Å². The number of rotatable bonds is 4. The molecule has 7 nitrogen and oxygen atoms in total. The van der Waals surface area contributed by atoms with E-state index < -0.39 is 5.25 Å². The van der Waals surface area contributed by atoms with Crippen LogP contribution in [0.25, 0.3) is 10.2 Å². The molecule has 3 N–H and O–H groups in total. The van der Waals surface area contributed by atoms with Crippen molar-refractivity contribution in [3.63, 3.8) is 0 Å². The maximum Gasteiger partial charge on any atom is 0.240 e. The zero-order valence-corrected chi connectivity index (χ0v) is 17.0. The summed E-state index contributed by atoms with van der Waals surface area (Å²) in [6.45, 7) is 5.87. The molecule has 2 atom stereocenters. The van der Waals surface area contributed by atoms with Crippen molar-refractivity contribution in [1.29, 1.82) is 0 Å². The molecular weight excluding hydrogens is 382 g/mol. The van der Waals surface area contributed by atoms with Crippen molar-refractivity contribution in [2.75, 3.05) is 11.1 Å². The molecule has 0 radical (unpaired) electrons. The molecule has 0 fully saturated rings. The highest BCUT2D eigenvalue weighted by atomic mass is 32.2. The first-order valence-corrected chi connectivity index (χ1v) is 10.6. The van der Waals surface area contributed by atoms with Gasteiger partial charge in [-0.1, -0.05) is 23.8 Å². The van der Waals surface area contributed by atoms with Gasteiger partial charge in [0.05, 0.1) is 16.3 Å². The second kappa shape index (κ2) is 7.12. The molecule has 0 aliphatic heterocycles. The minimum Gasteiger partial charge on any atom is -0.383 e. The fourth-order valence-corrected chi connectivity index (χ4v) is 5.49. The van der Waals surface area contributed by atoms with E-state index in [1.54, 1.807) is 31.3 Å². The number of aromatic nitrogens is 3. The molecule has 3 aromatic rings. The van der Waals surface area contributed by atoms with Crippen LogP contribution in [-0.4, -0.2) is 26.3 Å². The number of anilines is 2. The predicted octanol–water partition coefficient (Wildman–Crippen LogP) is 3.81. The van der Waals surface area contributed by atoms with Crippen LogP contribution in [0.4, 0.5) is 11.7 Å². The summed E-state index contributed by atoms with van der Waals surface area (Å²) >= 11 is 2.99. The number of hydrogen-bond donors (Lipinski definition) is 2. The van der Waals surface area contributed by atoms with E-state index in [0.29, 0.717) is 28.5 Å². The van der Waals surface area contributed by atoms with Crippen LogP contribution in [0.15, 0.2) is 15.7 Å². The van der Waals surface area contributed by atoms with E-state index >= 15 is 0 Å². The third-order valence-corrected chi connectivity index (χ3v) is 6.80. The first-order chi connectivity index (χ1) is 12.9. The summed E-state index contributed by atoms with van der Waals surface area (Å²) < 4.78 is 5.03. The smallest absolute Gasteiger partial charge is 0.240 e. The quantitative estimate of drug-likeness (QED) is 0.504. The summed E-state index contributed by atoms with van der Waals surface area (Å²) in [5.41, 5.74) is 8.28. The molecule has 3 aromatic heterocycles. The summed E-state index contributed by atoms with van der Waals surface area (Å²) in [7, 11) is 0. The SMILES string of the molecule is Cc1cc(NC(=O)C(C)Sc2nc(N)c3c4c(sc3n2)CC(C)CC4)on1. The molecule has 1 aliphatic rings. The molecule has 1 amide bonds. The molecule has 27 heavy (non-hydrogen) atoms. The Kier molecular flexibility index (Phi) is 4.81. The van der Waals surface area contributed by atoms with Crippen molar-refractivity contribution in [3.05, 3.63) is 22.2 Å². The third-order valence-electron chi connectivity index (χ3n) is 4.69. The normalized spacial score (nSPS) is 17.7. The molecule has 0 saturated carbocycles. The number of nitrogens with two attached hydrogens (primary N) is 1. The number of thiophene rings is 1. The number of fused-ring (bicyclic) bond motifs is 3. The van der Waals surface area contributed by atoms with Crippen LogP contribution < -0.4 is 11.1 Å². The standard InChI is InChI=1S/C18H21N5O2S2/c1-8-4-5-11-12(6-8)27-17-14(11)15(19)21-18(22-17)26-10(3)16(24)20-13-7-9(2)23-25-13/h7-8,10H,4-6H2,1-3H3,(H,20,24)(H2,19,21,22). The van der Waals surface area contributed by atoms with E-state index in [9.17, 15) is 4.79 Å². The Hall–Kier alpha value is -2.13. The van der Waals surface area contributed by atoms with Crippen LogP contribution >= 0.6 is 23.1 Å². The molecular formula is C18H21N5O2S2.